The molecule has 1 heterocycles. The number of hydrogen-bond donors (Lipinski definition) is 2. The van der Waals surface area contributed by atoms with Crippen molar-refractivity contribution in [3.05, 3.63) is 78.2 Å². The largest absolute Gasteiger partial charge is 0.339 e. The Balaban J connectivity index is 1.92. The Morgan fingerprint density at radius 1 is 0.846 bits per heavy atom. The van der Waals surface area contributed by atoms with Crippen LogP contribution in [-0.4, -0.2) is 13.4 Å². The Morgan fingerprint density at radius 3 is 2.23 bits per heavy atom. The highest BCUT2D eigenvalue weighted by Crippen LogP contribution is 2.25. The van der Waals surface area contributed by atoms with Crippen molar-refractivity contribution in [1.29, 1.82) is 0 Å². The predicted octanol–water partition coefficient (Wildman–Crippen LogP) is 4.04. The van der Waals surface area contributed by atoms with Crippen molar-refractivity contribution < 1.29 is 21.6 Å². The molecule has 134 valence electrons. The van der Waals surface area contributed by atoms with Crippen molar-refractivity contribution in [2.45, 2.75) is 4.90 Å². The molecule has 0 spiro atoms. The molecule has 3 aromatic rings. The lowest BCUT2D eigenvalue weighted by Gasteiger charge is -2.13. The maximum atomic E-state index is 13.3. The number of benzene rings is 2. The molecule has 0 aliphatic heterocycles. The van der Waals surface area contributed by atoms with Gasteiger partial charge in [-0.2, -0.15) is 0 Å². The van der Waals surface area contributed by atoms with Gasteiger partial charge < -0.3 is 5.32 Å². The maximum absolute atomic E-state index is 13.3. The van der Waals surface area contributed by atoms with Crippen LogP contribution in [0.2, 0.25) is 0 Å². The molecule has 0 amide bonds. The summed E-state index contributed by atoms with van der Waals surface area (Å²) in [7, 11) is -4.06. The standard InChI is InChI=1S/C17H12F3N3O2S/c18-11-3-5-12(6-4-11)23-26(24,25)16-2-1-9-21-17(16)22-13-7-8-14(19)15(20)10-13/h1-10,23H,(H,21,22). The third-order valence-corrected chi connectivity index (χ3v) is 4.75. The number of anilines is 3. The second-order valence-electron chi connectivity index (χ2n) is 5.22. The molecule has 0 aliphatic rings. The lowest BCUT2D eigenvalue weighted by Crippen LogP contribution is -2.15. The second kappa shape index (κ2) is 7.04. The average Bonchev–Trinajstić information content (AvgIpc) is 2.60. The molecule has 0 saturated carbocycles. The molecule has 9 heteroatoms. The first-order valence-corrected chi connectivity index (χ1v) is 8.79. The number of halogens is 3. The van der Waals surface area contributed by atoms with Crippen LogP contribution in [0.15, 0.2) is 65.7 Å². The molecule has 0 fully saturated rings. The highest BCUT2D eigenvalue weighted by molar-refractivity contribution is 7.92. The van der Waals surface area contributed by atoms with Gasteiger partial charge in [0.15, 0.2) is 17.5 Å². The Bertz CT molecular complexity index is 1040. The normalized spacial score (nSPS) is 11.2. The molecule has 5 nitrogen and oxygen atoms in total. The summed E-state index contributed by atoms with van der Waals surface area (Å²) in [6.07, 6.45) is 1.35. The van der Waals surface area contributed by atoms with Crippen molar-refractivity contribution >= 4 is 27.2 Å². The first-order valence-electron chi connectivity index (χ1n) is 7.31. The second-order valence-corrected chi connectivity index (χ2v) is 6.87. The zero-order chi connectivity index (χ0) is 18.7. The SMILES string of the molecule is O=S(=O)(Nc1ccc(F)cc1)c1cccnc1Nc1ccc(F)c(F)c1. The van der Waals surface area contributed by atoms with Gasteiger partial charge in [-0.25, -0.2) is 26.6 Å². The quantitative estimate of drug-likeness (QED) is 0.702. The minimum absolute atomic E-state index is 0.0758. The van der Waals surface area contributed by atoms with Crippen molar-refractivity contribution in [3.8, 4) is 0 Å². The van der Waals surface area contributed by atoms with E-state index in [0.717, 1.165) is 24.3 Å². The third kappa shape index (κ3) is 3.94. The molecule has 0 atom stereocenters. The Morgan fingerprint density at radius 2 is 1.54 bits per heavy atom. The lowest BCUT2D eigenvalue weighted by atomic mass is 10.3. The minimum Gasteiger partial charge on any atom is -0.339 e. The summed E-state index contributed by atoms with van der Waals surface area (Å²) >= 11 is 0. The van der Waals surface area contributed by atoms with Crippen LogP contribution in [-0.2, 0) is 10.0 Å². The van der Waals surface area contributed by atoms with E-state index in [4.69, 9.17) is 0 Å². The Kier molecular flexibility index (Phi) is 4.81. The zero-order valence-corrected chi connectivity index (χ0v) is 13.9. The average molecular weight is 379 g/mol. The molecule has 0 aliphatic carbocycles. The summed E-state index contributed by atoms with van der Waals surface area (Å²) in [5.41, 5.74) is 0.287. The molecule has 0 unspecified atom stereocenters. The van der Waals surface area contributed by atoms with Gasteiger partial charge in [0.25, 0.3) is 10.0 Å². The van der Waals surface area contributed by atoms with Crippen LogP contribution in [0.4, 0.5) is 30.4 Å². The van der Waals surface area contributed by atoms with Crippen molar-refractivity contribution in [1.82, 2.24) is 4.98 Å². The van der Waals surface area contributed by atoms with E-state index in [1.165, 1.54) is 36.5 Å². The number of nitrogens with zero attached hydrogens (tertiary/aromatic N) is 1. The molecule has 0 bridgehead atoms. The number of aromatic nitrogens is 1. The van der Waals surface area contributed by atoms with E-state index >= 15 is 0 Å². The first kappa shape index (κ1) is 17.7. The van der Waals surface area contributed by atoms with E-state index in [1.54, 1.807) is 0 Å². The number of pyridine rings is 1. The number of hydrogen-bond acceptors (Lipinski definition) is 4. The molecule has 26 heavy (non-hydrogen) atoms. The smallest absolute Gasteiger partial charge is 0.265 e. The Labute approximate surface area is 147 Å². The fourth-order valence-electron chi connectivity index (χ4n) is 2.14. The van der Waals surface area contributed by atoms with Crippen LogP contribution in [0.3, 0.4) is 0 Å². The molecule has 3 rings (SSSR count). The van der Waals surface area contributed by atoms with Crippen LogP contribution in [0.5, 0.6) is 0 Å². The molecular weight excluding hydrogens is 367 g/mol. The van der Waals surface area contributed by atoms with Gasteiger partial charge in [-0.1, -0.05) is 0 Å². The first-order chi connectivity index (χ1) is 12.3. The van der Waals surface area contributed by atoms with Gasteiger partial charge in [0.2, 0.25) is 0 Å². The van der Waals surface area contributed by atoms with E-state index in [9.17, 15) is 21.6 Å². The topological polar surface area (TPSA) is 71.1 Å². The minimum atomic E-state index is -4.06. The van der Waals surface area contributed by atoms with Gasteiger partial charge in [-0.05, 0) is 48.5 Å². The molecule has 2 aromatic carbocycles. The van der Waals surface area contributed by atoms with Gasteiger partial charge >= 0.3 is 0 Å². The fourth-order valence-corrected chi connectivity index (χ4v) is 3.31. The van der Waals surface area contributed by atoms with Crippen LogP contribution in [0, 0.1) is 17.5 Å². The van der Waals surface area contributed by atoms with Crippen molar-refractivity contribution in [2.75, 3.05) is 10.0 Å². The van der Waals surface area contributed by atoms with Gasteiger partial charge in [0.05, 0.1) is 0 Å². The predicted molar refractivity (Wildman–Crippen MR) is 91.1 cm³/mol. The monoisotopic (exact) mass is 379 g/mol. The van der Waals surface area contributed by atoms with Crippen LogP contribution < -0.4 is 10.0 Å². The summed E-state index contributed by atoms with van der Waals surface area (Å²) in [6, 6.07) is 10.5. The Hall–Kier alpha value is -3.07. The van der Waals surface area contributed by atoms with Gasteiger partial charge in [0.1, 0.15) is 10.7 Å². The van der Waals surface area contributed by atoms with E-state index in [-0.39, 0.29) is 22.1 Å². The number of rotatable bonds is 5. The van der Waals surface area contributed by atoms with Crippen molar-refractivity contribution in [2.24, 2.45) is 0 Å². The summed E-state index contributed by atoms with van der Waals surface area (Å²) < 4.78 is 66.8. The van der Waals surface area contributed by atoms with Gasteiger partial charge in [-0.3, -0.25) is 4.72 Å². The van der Waals surface area contributed by atoms with E-state index < -0.39 is 27.5 Å². The maximum Gasteiger partial charge on any atom is 0.265 e. The summed E-state index contributed by atoms with van der Waals surface area (Å²) in [4.78, 5) is 3.73. The summed E-state index contributed by atoms with van der Waals surface area (Å²) in [6.45, 7) is 0. The van der Waals surface area contributed by atoms with Crippen LogP contribution in [0.25, 0.3) is 0 Å². The van der Waals surface area contributed by atoms with E-state index in [2.05, 4.69) is 15.0 Å². The zero-order valence-electron chi connectivity index (χ0n) is 13.1. The molecular formula is C17H12F3N3O2S. The number of nitrogens with one attached hydrogen (secondary N) is 2. The van der Waals surface area contributed by atoms with Crippen LogP contribution in [0.1, 0.15) is 0 Å². The number of sulfonamides is 1. The van der Waals surface area contributed by atoms with Crippen LogP contribution >= 0.6 is 0 Å². The highest BCUT2D eigenvalue weighted by Gasteiger charge is 2.20. The van der Waals surface area contributed by atoms with Gasteiger partial charge in [-0.15, -0.1) is 0 Å². The fraction of sp³-hybridized carbons (Fsp3) is 0. The third-order valence-electron chi connectivity index (χ3n) is 3.34. The van der Waals surface area contributed by atoms with Crippen molar-refractivity contribution in [3.63, 3.8) is 0 Å². The molecule has 0 radical (unpaired) electrons. The summed E-state index contributed by atoms with van der Waals surface area (Å²) in [5.74, 6) is -2.69. The molecule has 2 N–H and O–H groups in total. The lowest BCUT2D eigenvalue weighted by molar-refractivity contribution is 0.509. The van der Waals surface area contributed by atoms with E-state index in [1.807, 2.05) is 0 Å². The van der Waals surface area contributed by atoms with Gasteiger partial charge in [0, 0.05) is 23.6 Å². The molecule has 1 aromatic heterocycles. The van der Waals surface area contributed by atoms with E-state index in [0.29, 0.717) is 0 Å². The molecule has 0 saturated heterocycles. The summed E-state index contributed by atoms with van der Waals surface area (Å²) in [5, 5.41) is 2.64. The highest BCUT2D eigenvalue weighted by atomic mass is 32.2.